The molecule has 1 unspecified atom stereocenters. The zero-order valence-electron chi connectivity index (χ0n) is 12.0. The molecular formula is C15H21ClO4. The molecule has 0 amide bonds. The van der Waals surface area contributed by atoms with E-state index in [9.17, 15) is 0 Å². The number of ether oxygens (including phenoxy) is 4. The maximum Gasteiger partial charge on any atom is 0.162 e. The van der Waals surface area contributed by atoms with Gasteiger partial charge in [-0.05, 0) is 24.5 Å². The van der Waals surface area contributed by atoms with Crippen LogP contribution < -0.4 is 0 Å². The summed E-state index contributed by atoms with van der Waals surface area (Å²) >= 11 is 6.30. The van der Waals surface area contributed by atoms with Crippen LogP contribution in [-0.2, 0) is 18.9 Å². The van der Waals surface area contributed by atoms with Crippen LogP contribution in [0.4, 0.5) is 0 Å². The molecule has 1 saturated heterocycles. The molecule has 4 nitrogen and oxygen atoms in total. The van der Waals surface area contributed by atoms with Crippen molar-refractivity contribution in [1.29, 1.82) is 0 Å². The van der Waals surface area contributed by atoms with Gasteiger partial charge in [-0.25, -0.2) is 0 Å². The van der Waals surface area contributed by atoms with Gasteiger partial charge in [-0.3, -0.25) is 0 Å². The van der Waals surface area contributed by atoms with E-state index in [1.165, 1.54) is 0 Å². The zero-order chi connectivity index (χ0) is 14.5. The average molecular weight is 301 g/mol. The van der Waals surface area contributed by atoms with Gasteiger partial charge in [-0.1, -0.05) is 29.8 Å². The van der Waals surface area contributed by atoms with Crippen molar-refractivity contribution in [3.05, 3.63) is 34.9 Å². The van der Waals surface area contributed by atoms with Crippen molar-refractivity contribution in [2.45, 2.75) is 31.5 Å². The molecule has 3 atom stereocenters. The maximum absolute atomic E-state index is 6.30. The molecule has 5 heteroatoms. The third kappa shape index (κ3) is 3.32. The fraction of sp³-hybridized carbons (Fsp3) is 0.600. The molecule has 0 N–H and O–H groups in total. The lowest BCUT2D eigenvalue weighted by Crippen LogP contribution is -2.38. The molecule has 2 rings (SSSR count). The largest absolute Gasteiger partial charge is 0.356 e. The number of rotatable bonds is 5. The number of halogens is 1. The van der Waals surface area contributed by atoms with Gasteiger partial charge in [0, 0.05) is 32.3 Å². The van der Waals surface area contributed by atoms with Gasteiger partial charge in [-0.15, -0.1) is 0 Å². The van der Waals surface area contributed by atoms with Crippen molar-refractivity contribution >= 4 is 11.6 Å². The van der Waals surface area contributed by atoms with Crippen LogP contribution in [0.3, 0.4) is 0 Å². The molecule has 1 aliphatic rings. The minimum absolute atomic E-state index is 0.0799. The van der Waals surface area contributed by atoms with Gasteiger partial charge in [0.15, 0.2) is 12.6 Å². The van der Waals surface area contributed by atoms with Crippen molar-refractivity contribution in [3.63, 3.8) is 0 Å². The predicted octanol–water partition coefficient (Wildman–Crippen LogP) is 3.40. The Morgan fingerprint density at radius 1 is 1.15 bits per heavy atom. The SMILES string of the molecule is COC1CC[C@H](C(OC)OC)[C@H](c2ccccc2Cl)O1. The monoisotopic (exact) mass is 300 g/mol. The minimum Gasteiger partial charge on any atom is -0.356 e. The molecule has 0 bridgehead atoms. The van der Waals surface area contributed by atoms with E-state index < -0.39 is 0 Å². The molecule has 1 fully saturated rings. The van der Waals surface area contributed by atoms with Crippen LogP contribution in [0.2, 0.25) is 5.02 Å². The van der Waals surface area contributed by atoms with Gasteiger partial charge in [0.1, 0.15) is 0 Å². The zero-order valence-corrected chi connectivity index (χ0v) is 12.8. The number of methoxy groups -OCH3 is 3. The van der Waals surface area contributed by atoms with E-state index >= 15 is 0 Å². The van der Waals surface area contributed by atoms with E-state index in [4.69, 9.17) is 30.5 Å². The van der Waals surface area contributed by atoms with Crippen molar-refractivity contribution in [2.75, 3.05) is 21.3 Å². The fourth-order valence-electron chi connectivity index (χ4n) is 2.72. The summed E-state index contributed by atoms with van der Waals surface area (Å²) in [5.74, 6) is 0.0799. The Labute approximate surface area is 124 Å². The molecular weight excluding hydrogens is 280 g/mol. The summed E-state index contributed by atoms with van der Waals surface area (Å²) in [6, 6.07) is 7.69. The van der Waals surface area contributed by atoms with Crippen molar-refractivity contribution in [3.8, 4) is 0 Å². The Morgan fingerprint density at radius 3 is 2.45 bits per heavy atom. The van der Waals surface area contributed by atoms with Gasteiger partial charge in [0.2, 0.25) is 0 Å². The van der Waals surface area contributed by atoms with E-state index in [0.717, 1.165) is 18.4 Å². The van der Waals surface area contributed by atoms with Crippen LogP contribution in [0.1, 0.15) is 24.5 Å². The van der Waals surface area contributed by atoms with E-state index in [1.807, 2.05) is 24.3 Å². The van der Waals surface area contributed by atoms with E-state index in [0.29, 0.717) is 5.02 Å². The molecule has 0 aliphatic carbocycles. The molecule has 0 saturated carbocycles. The quantitative estimate of drug-likeness (QED) is 0.781. The Hall–Kier alpha value is -0.650. The first-order chi connectivity index (χ1) is 9.71. The summed E-state index contributed by atoms with van der Waals surface area (Å²) in [4.78, 5) is 0. The molecule has 0 aromatic heterocycles. The number of hydrogen-bond donors (Lipinski definition) is 0. The topological polar surface area (TPSA) is 36.9 Å². The molecule has 1 aromatic rings. The molecule has 0 radical (unpaired) electrons. The second kappa shape index (κ2) is 7.38. The Kier molecular flexibility index (Phi) is 5.81. The molecule has 20 heavy (non-hydrogen) atoms. The van der Waals surface area contributed by atoms with Gasteiger partial charge >= 0.3 is 0 Å². The van der Waals surface area contributed by atoms with Crippen LogP contribution in [0.25, 0.3) is 0 Å². The minimum atomic E-state index is -0.325. The van der Waals surface area contributed by atoms with E-state index in [2.05, 4.69) is 0 Å². The highest BCUT2D eigenvalue weighted by molar-refractivity contribution is 6.31. The van der Waals surface area contributed by atoms with Gasteiger partial charge < -0.3 is 18.9 Å². The van der Waals surface area contributed by atoms with Crippen LogP contribution in [0.5, 0.6) is 0 Å². The second-order valence-corrected chi connectivity index (χ2v) is 5.23. The standard InChI is InChI=1S/C15H21ClO4/c1-17-13-9-8-11(15(18-2)19-3)14(20-13)10-6-4-5-7-12(10)16/h4-7,11,13-15H,8-9H2,1-3H3/t11-,13?,14-/m0/s1. The van der Waals surface area contributed by atoms with Crippen LogP contribution in [0, 0.1) is 5.92 Å². The van der Waals surface area contributed by atoms with Crippen LogP contribution >= 0.6 is 11.6 Å². The smallest absolute Gasteiger partial charge is 0.162 e. The molecule has 1 heterocycles. The van der Waals surface area contributed by atoms with Gasteiger partial charge in [-0.2, -0.15) is 0 Å². The first-order valence-corrected chi connectivity index (χ1v) is 7.07. The Morgan fingerprint density at radius 2 is 1.85 bits per heavy atom. The van der Waals surface area contributed by atoms with Crippen molar-refractivity contribution in [1.82, 2.24) is 0 Å². The molecule has 1 aliphatic heterocycles. The molecule has 112 valence electrons. The molecule has 0 spiro atoms. The normalized spacial score (nSPS) is 26.9. The van der Waals surface area contributed by atoms with Gasteiger partial charge in [0.05, 0.1) is 6.10 Å². The molecule has 1 aromatic carbocycles. The highest BCUT2D eigenvalue weighted by Gasteiger charge is 2.38. The first kappa shape index (κ1) is 15.7. The fourth-order valence-corrected chi connectivity index (χ4v) is 2.96. The van der Waals surface area contributed by atoms with Crippen molar-refractivity contribution < 1.29 is 18.9 Å². The maximum atomic E-state index is 6.30. The third-order valence-electron chi connectivity index (χ3n) is 3.71. The number of benzene rings is 1. The average Bonchev–Trinajstić information content (AvgIpc) is 2.49. The summed E-state index contributed by atoms with van der Waals surface area (Å²) in [6.07, 6.45) is 0.954. The van der Waals surface area contributed by atoms with E-state index in [-0.39, 0.29) is 24.6 Å². The second-order valence-electron chi connectivity index (χ2n) is 4.82. The first-order valence-electron chi connectivity index (χ1n) is 6.69. The summed E-state index contributed by atoms with van der Waals surface area (Å²) in [5.41, 5.74) is 0.944. The van der Waals surface area contributed by atoms with Gasteiger partial charge in [0.25, 0.3) is 0 Å². The van der Waals surface area contributed by atoms with Crippen LogP contribution in [-0.4, -0.2) is 33.9 Å². The lowest BCUT2D eigenvalue weighted by Gasteiger charge is -2.39. The Balaban J connectivity index is 2.28. The van der Waals surface area contributed by atoms with E-state index in [1.54, 1.807) is 21.3 Å². The van der Waals surface area contributed by atoms with Crippen molar-refractivity contribution in [2.24, 2.45) is 5.92 Å². The lowest BCUT2D eigenvalue weighted by molar-refractivity contribution is -0.245. The van der Waals surface area contributed by atoms with Crippen LogP contribution in [0.15, 0.2) is 24.3 Å². The summed E-state index contributed by atoms with van der Waals surface area (Å²) < 4.78 is 22.2. The highest BCUT2D eigenvalue weighted by atomic mass is 35.5. The Bertz CT molecular complexity index is 422. The summed E-state index contributed by atoms with van der Waals surface area (Å²) in [7, 11) is 4.93. The predicted molar refractivity (Wildman–Crippen MR) is 76.6 cm³/mol. The lowest BCUT2D eigenvalue weighted by atomic mass is 9.88. The number of hydrogen-bond acceptors (Lipinski definition) is 4. The third-order valence-corrected chi connectivity index (χ3v) is 4.06. The summed E-state index contributed by atoms with van der Waals surface area (Å²) in [6.45, 7) is 0. The highest BCUT2D eigenvalue weighted by Crippen LogP contribution is 2.41. The summed E-state index contributed by atoms with van der Waals surface area (Å²) in [5, 5.41) is 0.685.